The Balaban J connectivity index is 2.85. The zero-order valence-corrected chi connectivity index (χ0v) is 13.5. The molecule has 0 spiro atoms. The van der Waals surface area contributed by atoms with Gasteiger partial charge in [0.05, 0.1) is 0 Å². The summed E-state index contributed by atoms with van der Waals surface area (Å²) in [6, 6.07) is 2.90. The smallest absolute Gasteiger partial charge is 0.326 e. The monoisotopic (exact) mass is 354 g/mol. The summed E-state index contributed by atoms with van der Waals surface area (Å²) in [6.45, 7) is 1.19. The van der Waals surface area contributed by atoms with Gasteiger partial charge in [-0.05, 0) is 24.1 Å². The number of benzene rings is 1. The first kappa shape index (κ1) is 20.1. The Hall–Kier alpha value is -2.97. The van der Waals surface area contributed by atoms with E-state index < -0.39 is 48.1 Å². The zero-order valence-electron chi connectivity index (χ0n) is 13.5. The molecule has 25 heavy (non-hydrogen) atoms. The lowest BCUT2D eigenvalue weighted by Gasteiger charge is -2.21. The number of carboxylic acid groups (broad SMARTS) is 2. The van der Waals surface area contributed by atoms with E-state index in [0.717, 1.165) is 0 Å². The molecule has 0 saturated heterocycles. The number of nitrogens with one attached hydrogen (secondary N) is 2. The highest BCUT2D eigenvalue weighted by Gasteiger charge is 2.26. The van der Waals surface area contributed by atoms with Crippen LogP contribution in [0.15, 0.2) is 24.3 Å². The Morgan fingerprint density at radius 3 is 2.32 bits per heavy atom. The van der Waals surface area contributed by atoms with Crippen molar-refractivity contribution in [3.05, 3.63) is 35.6 Å². The molecular formula is C16H19FN2O6. The second-order valence-electron chi connectivity index (χ2n) is 5.42. The molecule has 1 aromatic carbocycles. The first-order valence-electron chi connectivity index (χ1n) is 7.45. The molecule has 9 heteroatoms. The van der Waals surface area contributed by atoms with Gasteiger partial charge in [-0.15, -0.1) is 0 Å². The zero-order chi connectivity index (χ0) is 19.0. The topological polar surface area (TPSA) is 133 Å². The van der Waals surface area contributed by atoms with Crippen LogP contribution in [-0.2, 0) is 25.6 Å². The first-order chi connectivity index (χ1) is 11.7. The van der Waals surface area contributed by atoms with Crippen molar-refractivity contribution in [1.82, 2.24) is 10.6 Å². The van der Waals surface area contributed by atoms with Crippen LogP contribution in [0.1, 0.15) is 25.3 Å². The highest BCUT2D eigenvalue weighted by molar-refractivity contribution is 5.90. The van der Waals surface area contributed by atoms with Crippen molar-refractivity contribution in [3.8, 4) is 0 Å². The first-order valence-corrected chi connectivity index (χ1v) is 7.45. The largest absolute Gasteiger partial charge is 0.481 e. The average Bonchev–Trinajstić information content (AvgIpc) is 2.49. The number of aliphatic carboxylic acids is 2. The Kier molecular flexibility index (Phi) is 7.51. The standard InChI is InChI=1S/C16H19FN2O6/c1-9(20)18-13(8-10-3-2-4-11(17)7-10)15(23)19-12(16(24)25)5-6-14(21)22/h2-4,7,12-13H,5-6,8H2,1H3,(H,18,20)(H,19,23)(H,21,22)(H,24,25)/t12-,13+/m1/s1. The molecule has 0 aliphatic carbocycles. The van der Waals surface area contributed by atoms with Crippen LogP contribution >= 0.6 is 0 Å². The van der Waals surface area contributed by atoms with Crippen LogP contribution in [0, 0.1) is 5.82 Å². The van der Waals surface area contributed by atoms with Gasteiger partial charge in [-0.3, -0.25) is 14.4 Å². The normalized spacial score (nSPS) is 12.7. The molecule has 4 N–H and O–H groups in total. The molecule has 8 nitrogen and oxygen atoms in total. The lowest BCUT2D eigenvalue weighted by Crippen LogP contribution is -2.52. The van der Waals surface area contributed by atoms with Gasteiger partial charge < -0.3 is 20.8 Å². The molecule has 0 saturated carbocycles. The highest BCUT2D eigenvalue weighted by Crippen LogP contribution is 2.08. The van der Waals surface area contributed by atoms with Gasteiger partial charge in [0.15, 0.2) is 0 Å². The average molecular weight is 354 g/mol. The second kappa shape index (κ2) is 9.36. The lowest BCUT2D eigenvalue weighted by atomic mass is 10.0. The second-order valence-corrected chi connectivity index (χ2v) is 5.42. The number of carbonyl (C=O) groups is 4. The molecule has 0 unspecified atom stereocenters. The van der Waals surface area contributed by atoms with E-state index in [9.17, 15) is 23.6 Å². The predicted molar refractivity (Wildman–Crippen MR) is 84.1 cm³/mol. The summed E-state index contributed by atoms with van der Waals surface area (Å²) in [6.07, 6.45) is -0.788. The molecule has 0 heterocycles. The number of amides is 2. The maximum Gasteiger partial charge on any atom is 0.326 e. The lowest BCUT2D eigenvalue weighted by molar-refractivity contribution is -0.143. The summed E-state index contributed by atoms with van der Waals surface area (Å²) in [5, 5.41) is 22.3. The van der Waals surface area contributed by atoms with Gasteiger partial charge in [0.1, 0.15) is 17.9 Å². The van der Waals surface area contributed by atoms with Gasteiger partial charge in [-0.25, -0.2) is 9.18 Å². The van der Waals surface area contributed by atoms with Crippen molar-refractivity contribution in [2.75, 3.05) is 0 Å². The molecule has 0 fully saturated rings. The van der Waals surface area contributed by atoms with Gasteiger partial charge in [-0.1, -0.05) is 12.1 Å². The molecule has 1 aromatic rings. The quantitative estimate of drug-likeness (QED) is 0.504. The van der Waals surface area contributed by atoms with E-state index in [-0.39, 0.29) is 12.8 Å². The third-order valence-corrected chi connectivity index (χ3v) is 3.28. The summed E-state index contributed by atoms with van der Waals surface area (Å²) in [7, 11) is 0. The van der Waals surface area contributed by atoms with Crippen LogP contribution in [0.2, 0.25) is 0 Å². The number of hydrogen-bond acceptors (Lipinski definition) is 4. The number of rotatable bonds is 9. The van der Waals surface area contributed by atoms with Crippen molar-refractivity contribution in [2.24, 2.45) is 0 Å². The SMILES string of the molecule is CC(=O)N[C@@H](Cc1cccc(F)c1)C(=O)N[C@H](CCC(=O)O)C(=O)O. The fourth-order valence-corrected chi connectivity index (χ4v) is 2.15. The van der Waals surface area contributed by atoms with Crippen LogP contribution in [0.25, 0.3) is 0 Å². The highest BCUT2D eigenvalue weighted by atomic mass is 19.1. The minimum Gasteiger partial charge on any atom is -0.481 e. The Bertz CT molecular complexity index is 664. The fraction of sp³-hybridized carbons (Fsp3) is 0.375. The molecule has 0 bridgehead atoms. The number of carbonyl (C=O) groups excluding carboxylic acids is 2. The minimum atomic E-state index is -1.41. The van der Waals surface area contributed by atoms with E-state index in [1.165, 1.54) is 25.1 Å². The van der Waals surface area contributed by atoms with Gasteiger partial charge in [-0.2, -0.15) is 0 Å². The minimum absolute atomic E-state index is 0.0472. The van der Waals surface area contributed by atoms with Gasteiger partial charge >= 0.3 is 11.9 Å². The van der Waals surface area contributed by atoms with Crippen molar-refractivity contribution in [2.45, 2.75) is 38.3 Å². The molecule has 0 aliphatic heterocycles. The van der Waals surface area contributed by atoms with Crippen LogP contribution in [0.4, 0.5) is 4.39 Å². The Morgan fingerprint density at radius 2 is 1.80 bits per heavy atom. The Morgan fingerprint density at radius 1 is 1.12 bits per heavy atom. The van der Waals surface area contributed by atoms with Gasteiger partial charge in [0, 0.05) is 19.8 Å². The van der Waals surface area contributed by atoms with E-state index in [2.05, 4.69) is 10.6 Å². The Labute approximate surface area is 143 Å². The molecular weight excluding hydrogens is 335 g/mol. The summed E-state index contributed by atoms with van der Waals surface area (Å²) in [5.41, 5.74) is 0.436. The van der Waals surface area contributed by atoms with Crippen molar-refractivity contribution in [1.29, 1.82) is 0 Å². The molecule has 2 amide bonds. The predicted octanol–water partition coefficient (Wildman–Crippen LogP) is 0.307. The van der Waals surface area contributed by atoms with Gasteiger partial charge in [0.25, 0.3) is 0 Å². The maximum absolute atomic E-state index is 13.3. The van der Waals surface area contributed by atoms with E-state index in [1.807, 2.05) is 0 Å². The molecule has 1 rings (SSSR count). The summed E-state index contributed by atoms with van der Waals surface area (Å²) in [4.78, 5) is 45.3. The maximum atomic E-state index is 13.3. The molecule has 2 atom stereocenters. The molecule has 0 aromatic heterocycles. The fourth-order valence-electron chi connectivity index (χ4n) is 2.15. The third kappa shape index (κ3) is 7.42. The van der Waals surface area contributed by atoms with Crippen molar-refractivity contribution < 1.29 is 33.8 Å². The number of halogens is 1. The summed E-state index contributed by atoms with van der Waals surface area (Å²) in [5.74, 6) is -4.41. The van der Waals surface area contributed by atoms with Crippen LogP contribution in [0.5, 0.6) is 0 Å². The van der Waals surface area contributed by atoms with Crippen molar-refractivity contribution >= 4 is 23.8 Å². The summed E-state index contributed by atoms with van der Waals surface area (Å²) < 4.78 is 13.3. The van der Waals surface area contributed by atoms with Crippen molar-refractivity contribution in [3.63, 3.8) is 0 Å². The third-order valence-electron chi connectivity index (χ3n) is 3.28. The van der Waals surface area contributed by atoms with Crippen LogP contribution in [-0.4, -0.2) is 46.0 Å². The number of hydrogen-bond donors (Lipinski definition) is 4. The molecule has 0 aliphatic rings. The number of carboxylic acids is 2. The summed E-state index contributed by atoms with van der Waals surface area (Å²) >= 11 is 0. The van der Waals surface area contributed by atoms with E-state index >= 15 is 0 Å². The van der Waals surface area contributed by atoms with Crippen LogP contribution < -0.4 is 10.6 Å². The van der Waals surface area contributed by atoms with Gasteiger partial charge in [0.2, 0.25) is 11.8 Å². The van der Waals surface area contributed by atoms with E-state index in [4.69, 9.17) is 10.2 Å². The molecule has 0 radical (unpaired) electrons. The van der Waals surface area contributed by atoms with E-state index in [1.54, 1.807) is 6.07 Å². The van der Waals surface area contributed by atoms with E-state index in [0.29, 0.717) is 5.56 Å². The van der Waals surface area contributed by atoms with Crippen LogP contribution in [0.3, 0.4) is 0 Å². The molecule has 136 valence electrons.